The molecule has 1 aliphatic rings. The summed E-state index contributed by atoms with van der Waals surface area (Å²) in [5.74, 6) is 1.39. The molecule has 1 heterocycles. The Morgan fingerprint density at radius 2 is 2.00 bits per heavy atom. The van der Waals surface area contributed by atoms with Crippen molar-refractivity contribution in [2.24, 2.45) is 5.92 Å². The van der Waals surface area contributed by atoms with Gasteiger partial charge in [-0.3, -0.25) is 4.79 Å². The minimum absolute atomic E-state index is 0.0760. The van der Waals surface area contributed by atoms with E-state index in [4.69, 9.17) is 4.74 Å². The zero-order valence-corrected chi connectivity index (χ0v) is 13.8. The molecule has 0 bridgehead atoms. The van der Waals surface area contributed by atoms with Crippen molar-refractivity contribution in [3.63, 3.8) is 0 Å². The number of para-hydroxylation sites is 1. The summed E-state index contributed by atoms with van der Waals surface area (Å²) < 4.78 is 5.76. The van der Waals surface area contributed by atoms with Crippen LogP contribution in [0.3, 0.4) is 0 Å². The standard InChI is InChI=1S/C20H23NO2/c1-14-7-8-16(9-15(14)2)11-20(22)21-12-17-10-18-5-3-4-6-19(18)23-13-17/h3-9,17H,10-13H2,1-2H3,(H,21,22). The van der Waals surface area contributed by atoms with Gasteiger partial charge in [-0.15, -0.1) is 0 Å². The van der Waals surface area contributed by atoms with Crippen molar-refractivity contribution in [3.8, 4) is 5.75 Å². The van der Waals surface area contributed by atoms with Crippen LogP contribution >= 0.6 is 0 Å². The average Bonchev–Trinajstić information content (AvgIpc) is 2.56. The number of carbonyl (C=O) groups excluding carboxylic acids is 1. The Kier molecular flexibility index (Phi) is 4.65. The second kappa shape index (κ2) is 6.86. The van der Waals surface area contributed by atoms with Gasteiger partial charge < -0.3 is 10.1 Å². The van der Waals surface area contributed by atoms with Crippen LogP contribution in [0.1, 0.15) is 22.3 Å². The van der Waals surface area contributed by atoms with Crippen molar-refractivity contribution in [2.75, 3.05) is 13.2 Å². The molecule has 0 saturated carbocycles. The summed E-state index contributed by atoms with van der Waals surface area (Å²) in [5.41, 5.74) is 4.78. The Balaban J connectivity index is 1.51. The number of hydrogen-bond donors (Lipinski definition) is 1. The first kappa shape index (κ1) is 15.6. The third-order valence-corrected chi connectivity index (χ3v) is 4.48. The van der Waals surface area contributed by atoms with Gasteiger partial charge in [-0.1, -0.05) is 36.4 Å². The van der Waals surface area contributed by atoms with Gasteiger partial charge >= 0.3 is 0 Å². The number of benzene rings is 2. The summed E-state index contributed by atoms with van der Waals surface area (Å²) in [6.45, 7) is 5.49. The fourth-order valence-electron chi connectivity index (χ4n) is 2.94. The molecule has 0 fully saturated rings. The molecule has 2 aromatic rings. The van der Waals surface area contributed by atoms with Crippen LogP contribution in [0, 0.1) is 19.8 Å². The van der Waals surface area contributed by atoms with E-state index in [1.165, 1.54) is 16.7 Å². The molecular formula is C20H23NO2. The van der Waals surface area contributed by atoms with Crippen LogP contribution in [0.15, 0.2) is 42.5 Å². The highest BCUT2D eigenvalue weighted by Gasteiger charge is 2.19. The first-order valence-electron chi connectivity index (χ1n) is 8.15. The predicted molar refractivity (Wildman–Crippen MR) is 91.8 cm³/mol. The first-order valence-corrected chi connectivity index (χ1v) is 8.15. The minimum atomic E-state index is 0.0760. The van der Waals surface area contributed by atoms with Crippen molar-refractivity contribution in [1.82, 2.24) is 5.32 Å². The van der Waals surface area contributed by atoms with E-state index in [-0.39, 0.29) is 5.91 Å². The lowest BCUT2D eigenvalue weighted by Gasteiger charge is -2.25. The summed E-state index contributed by atoms with van der Waals surface area (Å²) in [6, 6.07) is 14.3. The largest absolute Gasteiger partial charge is 0.493 e. The maximum absolute atomic E-state index is 12.1. The van der Waals surface area contributed by atoms with E-state index in [2.05, 4.69) is 37.4 Å². The van der Waals surface area contributed by atoms with Gasteiger partial charge in [0.25, 0.3) is 0 Å². The van der Waals surface area contributed by atoms with Gasteiger partial charge in [-0.25, -0.2) is 0 Å². The fourth-order valence-corrected chi connectivity index (χ4v) is 2.94. The van der Waals surface area contributed by atoms with Crippen LogP contribution in [-0.4, -0.2) is 19.1 Å². The number of ether oxygens (including phenoxy) is 1. The zero-order valence-electron chi connectivity index (χ0n) is 13.8. The lowest BCUT2D eigenvalue weighted by Crippen LogP contribution is -2.35. The van der Waals surface area contributed by atoms with Gasteiger partial charge in [0.05, 0.1) is 13.0 Å². The van der Waals surface area contributed by atoms with Crippen molar-refractivity contribution in [3.05, 3.63) is 64.7 Å². The monoisotopic (exact) mass is 309 g/mol. The molecule has 2 aromatic carbocycles. The molecule has 3 nitrogen and oxygen atoms in total. The molecule has 120 valence electrons. The number of fused-ring (bicyclic) bond motifs is 1. The van der Waals surface area contributed by atoms with Crippen LogP contribution in [0.5, 0.6) is 5.75 Å². The zero-order chi connectivity index (χ0) is 16.2. The van der Waals surface area contributed by atoms with E-state index in [1.54, 1.807) is 0 Å². The number of nitrogens with one attached hydrogen (secondary N) is 1. The van der Waals surface area contributed by atoms with Crippen molar-refractivity contribution in [2.45, 2.75) is 26.7 Å². The maximum Gasteiger partial charge on any atom is 0.224 e. The summed E-state index contributed by atoms with van der Waals surface area (Å²) >= 11 is 0. The Morgan fingerprint density at radius 3 is 2.83 bits per heavy atom. The van der Waals surface area contributed by atoms with Crippen LogP contribution in [-0.2, 0) is 17.6 Å². The molecule has 23 heavy (non-hydrogen) atoms. The number of amides is 1. The molecule has 1 unspecified atom stereocenters. The van der Waals surface area contributed by atoms with Gasteiger partial charge in [0.15, 0.2) is 0 Å². The average molecular weight is 309 g/mol. The molecule has 1 amide bonds. The molecule has 0 radical (unpaired) electrons. The molecule has 3 rings (SSSR count). The highest BCUT2D eigenvalue weighted by Crippen LogP contribution is 2.26. The smallest absolute Gasteiger partial charge is 0.224 e. The third-order valence-electron chi connectivity index (χ3n) is 4.48. The Morgan fingerprint density at radius 1 is 1.17 bits per heavy atom. The summed E-state index contributed by atoms with van der Waals surface area (Å²) in [7, 11) is 0. The molecule has 0 aromatic heterocycles. The Bertz CT molecular complexity index is 709. The summed E-state index contributed by atoms with van der Waals surface area (Å²) in [4.78, 5) is 12.1. The molecule has 0 spiro atoms. The van der Waals surface area contributed by atoms with Crippen molar-refractivity contribution < 1.29 is 9.53 Å². The predicted octanol–water partition coefficient (Wildman–Crippen LogP) is 3.21. The molecular weight excluding hydrogens is 286 g/mol. The van der Waals surface area contributed by atoms with E-state index in [0.29, 0.717) is 25.5 Å². The van der Waals surface area contributed by atoms with Crippen LogP contribution in [0.4, 0.5) is 0 Å². The second-order valence-electron chi connectivity index (χ2n) is 6.39. The van der Waals surface area contributed by atoms with Gasteiger partial charge in [0.2, 0.25) is 5.91 Å². The van der Waals surface area contributed by atoms with Gasteiger partial charge in [-0.05, 0) is 48.6 Å². The Hall–Kier alpha value is -2.29. The number of hydrogen-bond acceptors (Lipinski definition) is 2. The molecule has 3 heteroatoms. The molecule has 1 atom stereocenters. The maximum atomic E-state index is 12.1. The number of aryl methyl sites for hydroxylation is 2. The van der Waals surface area contributed by atoms with Gasteiger partial charge in [-0.2, -0.15) is 0 Å². The van der Waals surface area contributed by atoms with E-state index < -0.39 is 0 Å². The lowest BCUT2D eigenvalue weighted by molar-refractivity contribution is -0.120. The summed E-state index contributed by atoms with van der Waals surface area (Å²) in [5, 5.41) is 3.05. The minimum Gasteiger partial charge on any atom is -0.493 e. The topological polar surface area (TPSA) is 38.3 Å². The second-order valence-corrected chi connectivity index (χ2v) is 6.39. The highest BCUT2D eigenvalue weighted by molar-refractivity contribution is 5.78. The quantitative estimate of drug-likeness (QED) is 0.942. The molecule has 0 saturated heterocycles. The highest BCUT2D eigenvalue weighted by atomic mass is 16.5. The number of rotatable bonds is 4. The van der Waals surface area contributed by atoms with Crippen LogP contribution in [0.2, 0.25) is 0 Å². The van der Waals surface area contributed by atoms with Gasteiger partial charge in [0, 0.05) is 12.5 Å². The first-order chi connectivity index (χ1) is 11.1. The normalized spacial score (nSPS) is 16.3. The van der Waals surface area contributed by atoms with Gasteiger partial charge in [0.1, 0.15) is 5.75 Å². The fraction of sp³-hybridized carbons (Fsp3) is 0.350. The van der Waals surface area contributed by atoms with E-state index in [0.717, 1.165) is 17.7 Å². The molecule has 1 aliphatic heterocycles. The lowest BCUT2D eigenvalue weighted by atomic mass is 9.96. The molecule has 1 N–H and O–H groups in total. The van der Waals surface area contributed by atoms with E-state index >= 15 is 0 Å². The van der Waals surface area contributed by atoms with E-state index in [9.17, 15) is 4.79 Å². The Labute approximate surface area is 137 Å². The van der Waals surface area contributed by atoms with Crippen LogP contribution in [0.25, 0.3) is 0 Å². The van der Waals surface area contributed by atoms with E-state index in [1.807, 2.05) is 24.3 Å². The third kappa shape index (κ3) is 3.92. The van der Waals surface area contributed by atoms with Crippen LogP contribution < -0.4 is 10.1 Å². The van der Waals surface area contributed by atoms with Crippen molar-refractivity contribution >= 4 is 5.91 Å². The number of carbonyl (C=O) groups is 1. The SMILES string of the molecule is Cc1ccc(CC(=O)NCC2COc3ccccc3C2)cc1C. The summed E-state index contributed by atoms with van der Waals surface area (Å²) in [6.07, 6.45) is 1.39. The molecule has 0 aliphatic carbocycles. The van der Waals surface area contributed by atoms with Crippen molar-refractivity contribution in [1.29, 1.82) is 0 Å².